The van der Waals surface area contributed by atoms with Gasteiger partial charge in [0.1, 0.15) is 13.2 Å². The predicted molar refractivity (Wildman–Crippen MR) is 258 cm³/mol. The highest BCUT2D eigenvalue weighted by molar-refractivity contribution is 7.47. The molecule has 0 fully saturated rings. The smallest absolute Gasteiger partial charge is 0.387 e. The van der Waals surface area contributed by atoms with Crippen molar-refractivity contribution in [1.82, 2.24) is 5.32 Å². The average Bonchev–Trinajstić information content (AvgIpc) is 3.20. The van der Waals surface area contributed by atoms with E-state index in [9.17, 15) is 19.4 Å². The van der Waals surface area contributed by atoms with Crippen molar-refractivity contribution in [3.05, 3.63) is 36.5 Å². The van der Waals surface area contributed by atoms with Gasteiger partial charge in [-0.05, 0) is 44.9 Å². The number of allylic oxidation sites excluding steroid dienone is 5. The van der Waals surface area contributed by atoms with Gasteiger partial charge in [0.05, 0.1) is 39.9 Å². The molecule has 60 heavy (non-hydrogen) atoms. The quantitative estimate of drug-likeness (QED) is 0.0244. The van der Waals surface area contributed by atoms with Crippen LogP contribution in [-0.4, -0.2) is 73.4 Å². The minimum absolute atomic E-state index is 0.0545. The van der Waals surface area contributed by atoms with Crippen molar-refractivity contribution < 1.29 is 32.9 Å². The lowest BCUT2D eigenvalue weighted by Crippen LogP contribution is -2.45. The van der Waals surface area contributed by atoms with Crippen LogP contribution in [-0.2, 0) is 18.4 Å². The van der Waals surface area contributed by atoms with Crippen LogP contribution in [0, 0.1) is 0 Å². The summed E-state index contributed by atoms with van der Waals surface area (Å²) in [6.07, 6.45) is 54.0. The average molecular weight is 868 g/mol. The van der Waals surface area contributed by atoms with Crippen molar-refractivity contribution in [3.8, 4) is 0 Å². The Kier molecular flexibility index (Phi) is 42.1. The monoisotopic (exact) mass is 868 g/mol. The zero-order valence-electron chi connectivity index (χ0n) is 40.2. The largest absolute Gasteiger partial charge is 0.472 e. The zero-order valence-corrected chi connectivity index (χ0v) is 41.1. The Morgan fingerprint density at radius 1 is 0.550 bits per heavy atom. The standard InChI is InChI=1S/C51H99N2O6P/c1-6-8-10-12-14-16-18-19-20-21-22-23-24-25-26-27-28-29-30-31-32-33-34-35-36-38-40-42-44-50(54)49(48-59-60(56,57)58-47-46-53(3,4)5)52-51(55)45-43-41-39-37-17-15-13-11-9-7-2/h31-32,35-36,42,44,49-50,54H,6-30,33-34,37-41,43,45-48H2,1-5H3,(H-,52,55,56,57)/p+1/b32-31+,36-35+,44-42+. The highest BCUT2D eigenvalue weighted by atomic mass is 31.2. The molecule has 0 aromatic carbocycles. The summed E-state index contributed by atoms with van der Waals surface area (Å²) in [5.74, 6) is -0.193. The molecule has 0 heterocycles. The van der Waals surface area contributed by atoms with Crippen LogP contribution in [0.5, 0.6) is 0 Å². The van der Waals surface area contributed by atoms with Crippen LogP contribution in [0.15, 0.2) is 36.5 Å². The molecule has 3 unspecified atom stereocenters. The molecule has 3 N–H and O–H groups in total. The summed E-state index contributed by atoms with van der Waals surface area (Å²) in [4.78, 5) is 23.1. The number of rotatable bonds is 46. The van der Waals surface area contributed by atoms with E-state index in [1.54, 1.807) is 6.08 Å². The van der Waals surface area contributed by atoms with Crippen LogP contribution in [0.2, 0.25) is 0 Å². The van der Waals surface area contributed by atoms with Crippen molar-refractivity contribution in [1.29, 1.82) is 0 Å². The lowest BCUT2D eigenvalue weighted by Gasteiger charge is -2.25. The first-order chi connectivity index (χ1) is 29.0. The van der Waals surface area contributed by atoms with Gasteiger partial charge in [-0.1, -0.05) is 217 Å². The molecule has 0 saturated heterocycles. The van der Waals surface area contributed by atoms with Crippen LogP contribution < -0.4 is 5.32 Å². The van der Waals surface area contributed by atoms with Crippen LogP contribution >= 0.6 is 7.82 Å². The third kappa shape index (κ3) is 44.8. The Hall–Kier alpha value is -1.28. The summed E-state index contributed by atoms with van der Waals surface area (Å²) in [5, 5.41) is 13.8. The zero-order chi connectivity index (χ0) is 44.3. The first kappa shape index (κ1) is 58.7. The number of nitrogens with one attached hydrogen (secondary N) is 1. The Morgan fingerprint density at radius 2 is 0.917 bits per heavy atom. The molecule has 1 amide bonds. The Balaban J connectivity index is 4.22. The number of quaternary nitrogens is 1. The molecule has 0 rings (SSSR count). The number of unbranched alkanes of at least 4 members (excludes halogenated alkanes) is 29. The van der Waals surface area contributed by atoms with Gasteiger partial charge in [0.2, 0.25) is 5.91 Å². The van der Waals surface area contributed by atoms with E-state index >= 15 is 0 Å². The minimum Gasteiger partial charge on any atom is -0.387 e. The maximum atomic E-state index is 12.8. The molecule has 0 radical (unpaired) electrons. The van der Waals surface area contributed by atoms with E-state index in [2.05, 4.69) is 43.5 Å². The number of hydrogen-bond acceptors (Lipinski definition) is 5. The van der Waals surface area contributed by atoms with Gasteiger partial charge in [0, 0.05) is 6.42 Å². The Morgan fingerprint density at radius 3 is 1.33 bits per heavy atom. The molecule has 0 aromatic rings. The number of phosphoric acid groups is 1. The minimum atomic E-state index is -4.35. The number of carbonyl (C=O) groups is 1. The van der Waals surface area contributed by atoms with Crippen LogP contribution in [0.4, 0.5) is 0 Å². The van der Waals surface area contributed by atoms with Crippen molar-refractivity contribution in [2.24, 2.45) is 0 Å². The summed E-state index contributed by atoms with van der Waals surface area (Å²) in [7, 11) is 1.55. The van der Waals surface area contributed by atoms with Crippen molar-refractivity contribution in [2.45, 2.75) is 244 Å². The molecule has 0 aliphatic heterocycles. The number of hydrogen-bond donors (Lipinski definition) is 3. The fourth-order valence-corrected chi connectivity index (χ4v) is 8.05. The summed E-state index contributed by atoms with van der Waals surface area (Å²) in [6.45, 7) is 4.78. The summed E-state index contributed by atoms with van der Waals surface area (Å²) >= 11 is 0. The van der Waals surface area contributed by atoms with Crippen LogP contribution in [0.1, 0.15) is 232 Å². The molecule has 0 aliphatic rings. The first-order valence-electron chi connectivity index (χ1n) is 25.4. The molecule has 0 bridgehead atoms. The second kappa shape index (κ2) is 43.0. The summed E-state index contributed by atoms with van der Waals surface area (Å²) < 4.78 is 23.5. The van der Waals surface area contributed by atoms with E-state index in [1.165, 1.54) is 167 Å². The summed E-state index contributed by atoms with van der Waals surface area (Å²) in [5.41, 5.74) is 0. The van der Waals surface area contributed by atoms with Crippen molar-refractivity contribution in [3.63, 3.8) is 0 Å². The van der Waals surface area contributed by atoms with Gasteiger partial charge in [-0.2, -0.15) is 0 Å². The van der Waals surface area contributed by atoms with Gasteiger partial charge in [0.15, 0.2) is 0 Å². The number of aliphatic hydroxyl groups excluding tert-OH is 1. The van der Waals surface area contributed by atoms with E-state index in [0.29, 0.717) is 17.4 Å². The van der Waals surface area contributed by atoms with Crippen molar-refractivity contribution >= 4 is 13.7 Å². The van der Waals surface area contributed by atoms with Gasteiger partial charge in [0.25, 0.3) is 0 Å². The van der Waals surface area contributed by atoms with Crippen LogP contribution in [0.25, 0.3) is 0 Å². The molecule has 8 nitrogen and oxygen atoms in total. The van der Waals surface area contributed by atoms with E-state index in [1.807, 2.05) is 27.2 Å². The lowest BCUT2D eigenvalue weighted by molar-refractivity contribution is -0.870. The van der Waals surface area contributed by atoms with E-state index in [-0.39, 0.29) is 19.1 Å². The highest BCUT2D eigenvalue weighted by Gasteiger charge is 2.27. The molecule has 0 aromatic heterocycles. The Bertz CT molecular complexity index is 1070. The fraction of sp³-hybridized carbons (Fsp3) is 0.863. The molecule has 0 spiro atoms. The van der Waals surface area contributed by atoms with Gasteiger partial charge in [-0.25, -0.2) is 4.57 Å². The van der Waals surface area contributed by atoms with E-state index in [0.717, 1.165) is 44.9 Å². The number of aliphatic hydroxyl groups is 1. The summed E-state index contributed by atoms with van der Waals surface area (Å²) in [6, 6.07) is -0.865. The highest BCUT2D eigenvalue weighted by Crippen LogP contribution is 2.43. The number of likely N-dealkylation sites (N-methyl/N-ethyl adjacent to an activating group) is 1. The molecule has 354 valence electrons. The molecule has 3 atom stereocenters. The number of phosphoric ester groups is 1. The maximum Gasteiger partial charge on any atom is 0.472 e. The molecule has 0 saturated carbocycles. The second-order valence-electron chi connectivity index (χ2n) is 18.5. The number of carbonyl (C=O) groups excluding carboxylic acids is 1. The lowest BCUT2D eigenvalue weighted by atomic mass is 10.0. The van der Waals surface area contributed by atoms with Crippen LogP contribution in [0.3, 0.4) is 0 Å². The van der Waals surface area contributed by atoms with E-state index < -0.39 is 20.0 Å². The number of amides is 1. The normalized spacial score (nSPS) is 14.4. The SMILES string of the molecule is CCCCCCCCCCCCCCCCCCCC/C=C/CC/C=C/CC/C=C/C(O)C(COP(=O)(O)OCC[N+](C)(C)C)NC(=O)CCCCCCCCCCCC. The predicted octanol–water partition coefficient (Wildman–Crippen LogP) is 14.6. The molecular weight excluding hydrogens is 768 g/mol. The number of nitrogens with zero attached hydrogens (tertiary/aromatic N) is 1. The topological polar surface area (TPSA) is 105 Å². The second-order valence-corrected chi connectivity index (χ2v) is 20.0. The van der Waals surface area contributed by atoms with Crippen molar-refractivity contribution in [2.75, 3.05) is 40.9 Å². The maximum absolute atomic E-state index is 12.8. The third-order valence-corrected chi connectivity index (χ3v) is 12.3. The Labute approximate surface area is 372 Å². The fourth-order valence-electron chi connectivity index (χ4n) is 7.31. The first-order valence-corrected chi connectivity index (χ1v) is 26.9. The van der Waals surface area contributed by atoms with Gasteiger partial charge >= 0.3 is 7.82 Å². The van der Waals surface area contributed by atoms with Gasteiger partial charge in [-0.3, -0.25) is 13.8 Å². The molecule has 9 heteroatoms. The molecular formula is C51H100N2O6P+. The third-order valence-electron chi connectivity index (χ3n) is 11.3. The van der Waals surface area contributed by atoms with Gasteiger partial charge < -0.3 is 19.8 Å². The molecule has 0 aliphatic carbocycles. The van der Waals surface area contributed by atoms with E-state index in [4.69, 9.17) is 9.05 Å². The van der Waals surface area contributed by atoms with Gasteiger partial charge in [-0.15, -0.1) is 0 Å².